The highest BCUT2D eigenvalue weighted by Crippen LogP contribution is 2.24. The number of nitrogens with one attached hydrogen (secondary N) is 1. The number of hydrogen-bond donors (Lipinski definition) is 2. The molecule has 5 aromatic rings. The van der Waals surface area contributed by atoms with Crippen molar-refractivity contribution in [2.75, 3.05) is 5.32 Å². The van der Waals surface area contributed by atoms with Crippen molar-refractivity contribution in [3.05, 3.63) is 112 Å². The van der Waals surface area contributed by atoms with Gasteiger partial charge in [0.1, 0.15) is 24.5 Å². The quantitative estimate of drug-likeness (QED) is 0.248. The summed E-state index contributed by atoms with van der Waals surface area (Å²) in [6.45, 7) is -1.49. The first-order valence-electron chi connectivity index (χ1n) is 12.4. The first-order chi connectivity index (χ1) is 20.4. The van der Waals surface area contributed by atoms with Crippen LogP contribution in [0.2, 0.25) is 5.02 Å². The Balaban J connectivity index is 1.44. The highest BCUT2D eigenvalue weighted by atomic mass is 35.5. The predicted molar refractivity (Wildman–Crippen MR) is 144 cm³/mol. The number of amides is 1. The molecule has 0 aliphatic rings. The summed E-state index contributed by atoms with van der Waals surface area (Å²) in [6, 6.07) is 14.6. The number of carbonyl (C=O) groups excluding carboxylic acids is 1. The fourth-order valence-electron chi connectivity index (χ4n) is 4.06. The van der Waals surface area contributed by atoms with E-state index in [4.69, 9.17) is 11.6 Å². The van der Waals surface area contributed by atoms with Crippen LogP contribution in [0, 0.1) is 11.6 Å². The monoisotopic (exact) mass is 619 g/mol. The highest BCUT2D eigenvalue weighted by molar-refractivity contribution is 6.30. The molecule has 0 spiro atoms. The third kappa shape index (κ3) is 6.47. The molecule has 222 valence electrons. The summed E-state index contributed by atoms with van der Waals surface area (Å²) < 4.78 is 69.4. The predicted octanol–water partition coefficient (Wildman–Crippen LogP) is 4.45. The smallest absolute Gasteiger partial charge is 0.382 e. The van der Waals surface area contributed by atoms with Gasteiger partial charge in [0, 0.05) is 16.7 Å². The third-order valence-electron chi connectivity index (χ3n) is 6.16. The van der Waals surface area contributed by atoms with Crippen molar-refractivity contribution < 1.29 is 31.9 Å². The van der Waals surface area contributed by atoms with Crippen molar-refractivity contribution >= 4 is 23.2 Å². The number of nitrogens with zero attached hydrogens (tertiary/aromatic N) is 6. The average Bonchev–Trinajstić information content (AvgIpc) is 3.55. The molecule has 0 unspecified atom stereocenters. The molecule has 2 heterocycles. The lowest BCUT2D eigenvalue weighted by molar-refractivity contribution is -0.207. The number of benzene rings is 3. The van der Waals surface area contributed by atoms with Gasteiger partial charge in [0.15, 0.2) is 17.8 Å². The Kier molecular flexibility index (Phi) is 8.10. The molecule has 0 bridgehead atoms. The molecule has 1 atom stereocenters. The standard InChI is InChI=1S/C27H19ClF5N7O3/c28-16-7-5-15(6-8-16)24-37-39(26(43)38(24)12-22(41)27(31,32)33)13-23-34-14-40(36-23)21-4-2-1-3-18(21)25(42)35-20-10-9-17(29)11-19(20)30/h1-11,14,22,41H,12-13H2,(H,35,42)/t22-/m0/s1. The second kappa shape index (κ2) is 11.8. The minimum atomic E-state index is -4.98. The van der Waals surface area contributed by atoms with E-state index in [1.807, 2.05) is 0 Å². The lowest BCUT2D eigenvalue weighted by Crippen LogP contribution is -2.37. The number of anilines is 1. The summed E-state index contributed by atoms with van der Waals surface area (Å²) in [6.07, 6.45) is -6.59. The van der Waals surface area contributed by atoms with Crippen LogP contribution < -0.4 is 11.0 Å². The van der Waals surface area contributed by atoms with Crippen LogP contribution in [-0.4, -0.2) is 52.4 Å². The SMILES string of the molecule is O=C(Nc1ccc(F)cc1F)c1ccccc1-n1cnc(Cn2nc(-c3ccc(Cl)cc3)n(C[C@H](O)C(F)(F)F)c2=O)n1. The minimum Gasteiger partial charge on any atom is -0.382 e. The van der Waals surface area contributed by atoms with Crippen LogP contribution in [0.1, 0.15) is 16.2 Å². The van der Waals surface area contributed by atoms with E-state index in [0.29, 0.717) is 15.7 Å². The molecule has 43 heavy (non-hydrogen) atoms. The van der Waals surface area contributed by atoms with Crippen LogP contribution in [0.4, 0.5) is 27.6 Å². The third-order valence-corrected chi connectivity index (χ3v) is 6.42. The number of carbonyl (C=O) groups is 1. The first-order valence-corrected chi connectivity index (χ1v) is 12.7. The lowest BCUT2D eigenvalue weighted by Gasteiger charge is -2.15. The Bertz CT molecular complexity index is 1850. The van der Waals surface area contributed by atoms with E-state index in [2.05, 4.69) is 20.5 Å². The van der Waals surface area contributed by atoms with Gasteiger partial charge in [-0.3, -0.25) is 9.36 Å². The van der Waals surface area contributed by atoms with Crippen LogP contribution in [0.5, 0.6) is 0 Å². The number of alkyl halides is 3. The maximum absolute atomic E-state index is 14.1. The van der Waals surface area contributed by atoms with Crippen molar-refractivity contribution in [3.8, 4) is 17.1 Å². The van der Waals surface area contributed by atoms with Crippen LogP contribution in [0.15, 0.2) is 77.9 Å². The summed E-state index contributed by atoms with van der Waals surface area (Å²) in [5.74, 6) is -2.67. The van der Waals surface area contributed by atoms with Gasteiger partial charge in [0.2, 0.25) is 0 Å². The first kappa shape index (κ1) is 29.6. The maximum Gasteiger partial charge on any atom is 0.416 e. The van der Waals surface area contributed by atoms with Gasteiger partial charge in [0.05, 0.1) is 23.5 Å². The molecule has 0 aliphatic carbocycles. The van der Waals surface area contributed by atoms with Gasteiger partial charge in [-0.1, -0.05) is 23.7 Å². The number of halogens is 6. The molecule has 1 amide bonds. The summed E-state index contributed by atoms with van der Waals surface area (Å²) in [5.41, 5.74) is -0.677. The molecule has 0 radical (unpaired) electrons. The van der Waals surface area contributed by atoms with Gasteiger partial charge in [0.25, 0.3) is 5.91 Å². The number of aromatic nitrogens is 6. The number of rotatable bonds is 8. The number of hydrogen-bond acceptors (Lipinski definition) is 6. The second-order valence-corrected chi connectivity index (χ2v) is 9.58. The van der Waals surface area contributed by atoms with Crippen molar-refractivity contribution in [1.29, 1.82) is 0 Å². The largest absolute Gasteiger partial charge is 0.416 e. The zero-order valence-corrected chi connectivity index (χ0v) is 22.4. The van der Waals surface area contributed by atoms with E-state index in [9.17, 15) is 36.6 Å². The Morgan fingerprint density at radius 1 is 1.02 bits per heavy atom. The molecule has 0 saturated carbocycles. The van der Waals surface area contributed by atoms with Crippen LogP contribution in [0.3, 0.4) is 0 Å². The topological polar surface area (TPSA) is 120 Å². The van der Waals surface area contributed by atoms with Gasteiger partial charge in [-0.25, -0.2) is 27.9 Å². The van der Waals surface area contributed by atoms with Crippen molar-refractivity contribution in [2.24, 2.45) is 0 Å². The van der Waals surface area contributed by atoms with Crippen molar-refractivity contribution in [2.45, 2.75) is 25.4 Å². The number of aliphatic hydroxyl groups excluding tert-OH is 1. The van der Waals surface area contributed by atoms with E-state index in [-0.39, 0.29) is 40.7 Å². The molecule has 10 nitrogen and oxygen atoms in total. The van der Waals surface area contributed by atoms with Crippen molar-refractivity contribution in [1.82, 2.24) is 29.1 Å². The Labute approximate surface area is 243 Å². The Hall–Kier alpha value is -4.89. The van der Waals surface area contributed by atoms with E-state index >= 15 is 0 Å². The van der Waals surface area contributed by atoms with Gasteiger partial charge in [-0.15, -0.1) is 10.2 Å². The molecule has 5 rings (SSSR count). The van der Waals surface area contributed by atoms with Gasteiger partial charge in [-0.2, -0.15) is 13.2 Å². The number of aliphatic hydroxyl groups is 1. The van der Waals surface area contributed by atoms with Crippen molar-refractivity contribution in [3.63, 3.8) is 0 Å². The van der Waals surface area contributed by atoms with Gasteiger partial charge < -0.3 is 10.4 Å². The summed E-state index contributed by atoms with van der Waals surface area (Å²) >= 11 is 5.91. The Morgan fingerprint density at radius 2 is 1.74 bits per heavy atom. The molecule has 0 fully saturated rings. The van der Waals surface area contributed by atoms with Crippen LogP contribution in [0.25, 0.3) is 17.1 Å². The molecule has 2 N–H and O–H groups in total. The Morgan fingerprint density at radius 3 is 2.44 bits per heavy atom. The van der Waals surface area contributed by atoms with E-state index in [1.165, 1.54) is 47.4 Å². The normalized spacial score (nSPS) is 12.3. The second-order valence-electron chi connectivity index (χ2n) is 9.14. The zero-order chi connectivity index (χ0) is 30.9. The fraction of sp³-hybridized carbons (Fsp3) is 0.148. The zero-order valence-electron chi connectivity index (χ0n) is 21.6. The van der Waals surface area contributed by atoms with Gasteiger partial charge >= 0.3 is 11.9 Å². The molecular formula is C27H19ClF5N7O3. The van der Waals surface area contributed by atoms with Gasteiger partial charge in [-0.05, 0) is 48.5 Å². The molecule has 0 aliphatic heterocycles. The fourth-order valence-corrected chi connectivity index (χ4v) is 4.19. The highest BCUT2D eigenvalue weighted by Gasteiger charge is 2.39. The summed E-state index contributed by atoms with van der Waals surface area (Å²) in [7, 11) is 0. The maximum atomic E-state index is 14.1. The minimum absolute atomic E-state index is 0.00515. The van der Waals surface area contributed by atoms with Crippen LogP contribution in [-0.2, 0) is 13.1 Å². The van der Waals surface area contributed by atoms with Crippen LogP contribution >= 0.6 is 11.6 Å². The van der Waals surface area contributed by atoms with E-state index in [1.54, 1.807) is 12.1 Å². The summed E-state index contributed by atoms with van der Waals surface area (Å²) in [5, 5.41) is 20.8. The molecule has 2 aromatic heterocycles. The number of para-hydroxylation sites is 1. The summed E-state index contributed by atoms with van der Waals surface area (Å²) in [4.78, 5) is 30.2. The lowest BCUT2D eigenvalue weighted by atomic mass is 10.1. The molecule has 16 heteroatoms. The van der Waals surface area contributed by atoms with E-state index in [0.717, 1.165) is 16.8 Å². The molecule has 0 saturated heterocycles. The molecular weight excluding hydrogens is 601 g/mol. The molecule has 3 aromatic carbocycles. The van der Waals surface area contributed by atoms with E-state index < -0.39 is 42.1 Å². The average molecular weight is 620 g/mol.